The summed E-state index contributed by atoms with van der Waals surface area (Å²) >= 11 is 4.08. The number of azide groups is 1. The summed E-state index contributed by atoms with van der Waals surface area (Å²) in [5, 5.41) is 2.76. The van der Waals surface area contributed by atoms with E-state index in [0.717, 1.165) is 17.8 Å². The van der Waals surface area contributed by atoms with Gasteiger partial charge in [0.1, 0.15) is 5.82 Å². The van der Waals surface area contributed by atoms with Crippen molar-refractivity contribution < 1.29 is 14.0 Å². The Morgan fingerprint density at radius 1 is 1.48 bits per heavy atom. The van der Waals surface area contributed by atoms with Gasteiger partial charge < -0.3 is 0 Å². The lowest BCUT2D eigenvalue weighted by molar-refractivity contribution is -0.118. The molecule has 21 heavy (non-hydrogen) atoms. The smallest absolute Gasteiger partial charge is 0.252 e. The van der Waals surface area contributed by atoms with E-state index in [-0.39, 0.29) is 10.7 Å². The topological polar surface area (TPSA) is 82.9 Å². The van der Waals surface area contributed by atoms with Crippen LogP contribution in [0.4, 0.5) is 4.39 Å². The maximum absolute atomic E-state index is 13.7. The molecule has 0 aliphatic rings. The van der Waals surface area contributed by atoms with E-state index in [9.17, 15) is 14.0 Å². The number of carbonyl (C=O) groups excluding carboxylic acids is 2. The Hall–Kier alpha value is -1.37. The molecular weight excluding hydrogens is 361 g/mol. The molecule has 0 spiro atoms. The molecule has 0 unspecified atom stereocenters. The second kappa shape index (κ2) is 7.06. The lowest BCUT2D eigenvalue weighted by Gasteiger charge is -2.20. The molecule has 0 heterocycles. The van der Waals surface area contributed by atoms with Gasteiger partial charge in [0, 0.05) is 19.7 Å². The zero-order valence-electron chi connectivity index (χ0n) is 11.7. The highest BCUT2D eigenvalue weighted by Gasteiger charge is 2.27. The molecule has 0 radical (unpaired) electrons. The Morgan fingerprint density at radius 3 is 2.62 bits per heavy atom. The van der Waals surface area contributed by atoms with E-state index in [1.54, 1.807) is 0 Å². The number of halogens is 2. The monoisotopic (exact) mass is 373 g/mol. The fourth-order valence-corrected chi connectivity index (χ4v) is 2.76. The average Bonchev–Trinajstić information content (AvgIpc) is 2.41. The van der Waals surface area contributed by atoms with Gasteiger partial charge in [0.05, 0.1) is 5.56 Å². The van der Waals surface area contributed by atoms with Crippen LogP contribution in [0.2, 0.25) is 0 Å². The largest absolute Gasteiger partial charge is 0.287 e. The van der Waals surface area contributed by atoms with E-state index in [2.05, 4.69) is 26.0 Å². The fraction of sp³-hybridized carbons (Fsp3) is 0.385. The number of thioether (sulfide) groups is 1. The Kier molecular flexibility index (Phi) is 5.95. The maximum atomic E-state index is 13.7. The Bertz CT molecular complexity index is 643. The molecule has 0 saturated heterocycles. The van der Waals surface area contributed by atoms with Crippen molar-refractivity contribution in [1.82, 2.24) is 0 Å². The zero-order chi connectivity index (χ0) is 16.2. The quantitative estimate of drug-likeness (QED) is 0.318. The van der Waals surface area contributed by atoms with Crippen LogP contribution in [0.1, 0.15) is 37.6 Å². The number of hydrogen-bond acceptors (Lipinski definition) is 3. The molecule has 1 aromatic carbocycles. The van der Waals surface area contributed by atoms with Crippen molar-refractivity contribution >= 4 is 38.7 Å². The predicted molar refractivity (Wildman–Crippen MR) is 82.5 cm³/mol. The molecule has 1 amide bonds. The predicted octanol–water partition coefficient (Wildman–Crippen LogP) is 5.09. The summed E-state index contributed by atoms with van der Waals surface area (Å²) in [6.07, 6.45) is 0.655. The van der Waals surface area contributed by atoms with Crippen molar-refractivity contribution in [1.29, 1.82) is 0 Å². The van der Waals surface area contributed by atoms with Gasteiger partial charge in [0.15, 0.2) is 5.12 Å². The van der Waals surface area contributed by atoms with Crippen LogP contribution in [-0.2, 0) is 4.79 Å². The first-order chi connectivity index (χ1) is 9.72. The summed E-state index contributed by atoms with van der Waals surface area (Å²) in [5.41, 5.74) is 7.35. The summed E-state index contributed by atoms with van der Waals surface area (Å²) in [6, 6.07) is 2.29. The molecule has 0 aromatic heterocycles. The first kappa shape index (κ1) is 17.7. The molecule has 1 rings (SSSR count). The summed E-state index contributed by atoms with van der Waals surface area (Å²) < 4.78 is 14.1. The second-order valence-electron chi connectivity index (χ2n) is 4.88. The van der Waals surface area contributed by atoms with Crippen molar-refractivity contribution in [3.63, 3.8) is 0 Å². The normalized spacial score (nSPS) is 10.9. The minimum atomic E-state index is -1.02. The molecule has 0 atom stereocenters. The number of amides is 1. The van der Waals surface area contributed by atoms with Crippen LogP contribution in [-0.4, -0.2) is 11.0 Å². The Labute approximate surface area is 134 Å². The van der Waals surface area contributed by atoms with Crippen LogP contribution >= 0.6 is 27.7 Å². The number of nitrogens with zero attached hydrogens (tertiary/aromatic N) is 3. The highest BCUT2D eigenvalue weighted by molar-refractivity contribution is 9.10. The van der Waals surface area contributed by atoms with Crippen LogP contribution in [0.25, 0.3) is 10.4 Å². The average molecular weight is 374 g/mol. The molecule has 112 valence electrons. The SMILES string of the molecule is CCC(C)(C)C(=O)Sc1cc(C(=O)N=[N+]=[N-])c(F)cc1Br. The molecule has 8 heteroatoms. The van der Waals surface area contributed by atoms with Gasteiger partial charge in [-0.3, -0.25) is 9.59 Å². The third kappa shape index (κ3) is 4.30. The summed E-state index contributed by atoms with van der Waals surface area (Å²) in [7, 11) is 0. The molecule has 1 aromatic rings. The van der Waals surface area contributed by atoms with E-state index in [1.807, 2.05) is 20.8 Å². The molecule has 5 nitrogen and oxygen atoms in total. The van der Waals surface area contributed by atoms with Gasteiger partial charge in [-0.15, -0.1) is 0 Å². The number of benzene rings is 1. The van der Waals surface area contributed by atoms with E-state index < -0.39 is 17.1 Å². The minimum absolute atomic E-state index is 0.0977. The van der Waals surface area contributed by atoms with E-state index in [0.29, 0.717) is 15.8 Å². The van der Waals surface area contributed by atoms with Crippen LogP contribution in [0, 0.1) is 11.2 Å². The third-order valence-corrected chi connectivity index (χ3v) is 5.24. The van der Waals surface area contributed by atoms with Crippen LogP contribution < -0.4 is 0 Å². The number of hydrogen-bond donors (Lipinski definition) is 0. The van der Waals surface area contributed by atoms with E-state index in [1.165, 1.54) is 6.07 Å². The molecule has 0 bridgehead atoms. The van der Waals surface area contributed by atoms with Crippen LogP contribution in [0.15, 0.2) is 26.6 Å². The van der Waals surface area contributed by atoms with Gasteiger partial charge in [-0.05, 0) is 45.1 Å². The number of carbonyl (C=O) groups is 2. The van der Waals surface area contributed by atoms with Crippen molar-refractivity contribution in [2.24, 2.45) is 10.5 Å². The minimum Gasteiger partial charge on any atom is -0.287 e. The first-order valence-electron chi connectivity index (χ1n) is 6.03. The first-order valence-corrected chi connectivity index (χ1v) is 7.64. The molecular formula is C13H13BrFN3O2S. The van der Waals surface area contributed by atoms with Gasteiger partial charge in [0.25, 0.3) is 5.91 Å². The Morgan fingerprint density at radius 2 is 2.10 bits per heavy atom. The Balaban J connectivity index is 3.20. The number of rotatable bonds is 4. The van der Waals surface area contributed by atoms with Crippen molar-refractivity contribution in [3.05, 3.63) is 38.4 Å². The molecule has 0 aliphatic heterocycles. The summed E-state index contributed by atoms with van der Waals surface area (Å²) in [6.45, 7) is 5.52. The van der Waals surface area contributed by atoms with Crippen LogP contribution in [0.3, 0.4) is 0 Å². The highest BCUT2D eigenvalue weighted by Crippen LogP contribution is 2.36. The highest BCUT2D eigenvalue weighted by atomic mass is 79.9. The summed E-state index contributed by atoms with van der Waals surface area (Å²) in [5.74, 6) is -1.84. The molecule has 0 fully saturated rings. The van der Waals surface area contributed by atoms with Crippen LogP contribution in [0.5, 0.6) is 0 Å². The van der Waals surface area contributed by atoms with E-state index in [4.69, 9.17) is 5.53 Å². The lowest BCUT2D eigenvalue weighted by Crippen LogP contribution is -2.20. The molecule has 0 saturated carbocycles. The second-order valence-corrected chi connectivity index (χ2v) is 6.75. The van der Waals surface area contributed by atoms with E-state index >= 15 is 0 Å². The molecule has 0 N–H and O–H groups in total. The van der Waals surface area contributed by atoms with Gasteiger partial charge in [-0.1, -0.05) is 32.5 Å². The van der Waals surface area contributed by atoms with Crippen molar-refractivity contribution in [2.75, 3.05) is 0 Å². The summed E-state index contributed by atoms with van der Waals surface area (Å²) in [4.78, 5) is 26.4. The van der Waals surface area contributed by atoms with Gasteiger partial charge in [-0.25, -0.2) is 4.39 Å². The standard InChI is InChI=1S/C13H13BrFN3O2S/c1-4-13(2,3)12(20)21-10-5-7(11(19)17-18-16)9(15)6-8(10)14/h5-6H,4H2,1-3H3. The van der Waals surface area contributed by atoms with Gasteiger partial charge in [-0.2, -0.15) is 0 Å². The lowest BCUT2D eigenvalue weighted by atomic mass is 9.92. The maximum Gasteiger partial charge on any atom is 0.252 e. The third-order valence-electron chi connectivity index (χ3n) is 3.03. The molecule has 0 aliphatic carbocycles. The van der Waals surface area contributed by atoms with Crippen molar-refractivity contribution in [2.45, 2.75) is 32.1 Å². The fourth-order valence-electron chi connectivity index (χ4n) is 1.25. The van der Waals surface area contributed by atoms with Crippen molar-refractivity contribution in [3.8, 4) is 0 Å². The zero-order valence-corrected chi connectivity index (χ0v) is 14.1. The van der Waals surface area contributed by atoms with Gasteiger partial charge in [0.2, 0.25) is 0 Å². The van der Waals surface area contributed by atoms with Gasteiger partial charge >= 0.3 is 0 Å².